The van der Waals surface area contributed by atoms with Gasteiger partial charge >= 0.3 is 0 Å². The number of hydrogen-bond acceptors (Lipinski definition) is 3. The standard InChI is InChI=1S/C15H21Cl2N3O2/c1-11(21)20(6-4-5-19(2)3)10-15(22)18-14-8-12(16)7-13(17)9-14/h7-9H,4-6,10H2,1-3H3,(H,18,22). The maximum Gasteiger partial charge on any atom is 0.243 e. The Hall–Kier alpha value is -1.30. The predicted octanol–water partition coefficient (Wildman–Crippen LogP) is 2.73. The van der Waals surface area contributed by atoms with Gasteiger partial charge in [-0.2, -0.15) is 0 Å². The van der Waals surface area contributed by atoms with Gasteiger partial charge in [0.05, 0.1) is 6.54 Å². The SMILES string of the molecule is CC(=O)N(CCCN(C)C)CC(=O)Nc1cc(Cl)cc(Cl)c1. The van der Waals surface area contributed by atoms with Crippen molar-refractivity contribution in [1.82, 2.24) is 9.80 Å². The number of anilines is 1. The largest absolute Gasteiger partial charge is 0.334 e. The van der Waals surface area contributed by atoms with E-state index in [1.165, 1.54) is 11.8 Å². The second-order valence-corrected chi connectivity index (χ2v) is 6.18. The Bertz CT molecular complexity index is 515. The highest BCUT2D eigenvalue weighted by Crippen LogP contribution is 2.22. The molecular weight excluding hydrogens is 325 g/mol. The van der Waals surface area contributed by atoms with Crippen LogP contribution >= 0.6 is 23.2 Å². The van der Waals surface area contributed by atoms with Crippen LogP contribution in [0.2, 0.25) is 10.0 Å². The molecule has 2 amide bonds. The molecule has 1 aromatic carbocycles. The van der Waals surface area contributed by atoms with Crippen LogP contribution in [0.25, 0.3) is 0 Å². The van der Waals surface area contributed by atoms with Gasteiger partial charge in [0.15, 0.2) is 0 Å². The Balaban J connectivity index is 2.57. The molecule has 0 unspecified atom stereocenters. The van der Waals surface area contributed by atoms with Gasteiger partial charge in [0.25, 0.3) is 0 Å². The normalized spacial score (nSPS) is 10.6. The van der Waals surface area contributed by atoms with Gasteiger partial charge in [-0.15, -0.1) is 0 Å². The summed E-state index contributed by atoms with van der Waals surface area (Å²) in [5.74, 6) is -0.406. The summed E-state index contributed by atoms with van der Waals surface area (Å²) >= 11 is 11.8. The summed E-state index contributed by atoms with van der Waals surface area (Å²) in [5.41, 5.74) is 0.513. The lowest BCUT2D eigenvalue weighted by Gasteiger charge is -2.21. The highest BCUT2D eigenvalue weighted by Gasteiger charge is 2.14. The zero-order valence-electron chi connectivity index (χ0n) is 13.0. The second kappa shape index (κ2) is 8.98. The van der Waals surface area contributed by atoms with Gasteiger partial charge in [-0.05, 0) is 45.3 Å². The summed E-state index contributed by atoms with van der Waals surface area (Å²) < 4.78 is 0. The molecule has 0 bridgehead atoms. The quantitative estimate of drug-likeness (QED) is 0.826. The van der Waals surface area contributed by atoms with E-state index in [0.717, 1.165) is 13.0 Å². The molecule has 0 heterocycles. The fourth-order valence-electron chi connectivity index (χ4n) is 1.93. The van der Waals surface area contributed by atoms with E-state index in [-0.39, 0.29) is 18.4 Å². The molecule has 5 nitrogen and oxygen atoms in total. The molecule has 0 aliphatic heterocycles. The molecular formula is C15H21Cl2N3O2. The summed E-state index contributed by atoms with van der Waals surface area (Å²) in [5, 5.41) is 3.58. The lowest BCUT2D eigenvalue weighted by atomic mass is 10.3. The molecule has 0 aliphatic rings. The van der Waals surface area contributed by atoms with Crippen molar-refractivity contribution in [3.63, 3.8) is 0 Å². The minimum absolute atomic E-state index is 0.00684. The van der Waals surface area contributed by atoms with E-state index in [4.69, 9.17) is 23.2 Å². The molecule has 0 spiro atoms. The molecule has 7 heteroatoms. The van der Waals surface area contributed by atoms with Crippen LogP contribution in [0.5, 0.6) is 0 Å². The van der Waals surface area contributed by atoms with Crippen molar-refractivity contribution >= 4 is 40.7 Å². The second-order valence-electron chi connectivity index (χ2n) is 5.30. The third kappa shape index (κ3) is 7.11. The average molecular weight is 346 g/mol. The van der Waals surface area contributed by atoms with Crippen LogP contribution in [0.4, 0.5) is 5.69 Å². The van der Waals surface area contributed by atoms with E-state index in [2.05, 4.69) is 5.32 Å². The number of halogens is 2. The average Bonchev–Trinajstić information content (AvgIpc) is 2.35. The Labute approximate surface area is 141 Å². The molecule has 1 rings (SSSR count). The fraction of sp³-hybridized carbons (Fsp3) is 0.467. The fourth-order valence-corrected chi connectivity index (χ4v) is 2.45. The van der Waals surface area contributed by atoms with Crippen molar-refractivity contribution < 1.29 is 9.59 Å². The summed E-state index contributed by atoms with van der Waals surface area (Å²) in [6.07, 6.45) is 0.808. The lowest BCUT2D eigenvalue weighted by Crippen LogP contribution is -2.38. The highest BCUT2D eigenvalue weighted by atomic mass is 35.5. The number of benzene rings is 1. The van der Waals surface area contributed by atoms with E-state index in [0.29, 0.717) is 22.3 Å². The molecule has 122 valence electrons. The number of carbonyl (C=O) groups excluding carboxylic acids is 2. The predicted molar refractivity (Wildman–Crippen MR) is 90.5 cm³/mol. The minimum Gasteiger partial charge on any atom is -0.334 e. The molecule has 0 saturated heterocycles. The topological polar surface area (TPSA) is 52.7 Å². The van der Waals surface area contributed by atoms with E-state index < -0.39 is 0 Å². The maximum atomic E-state index is 12.0. The maximum absolute atomic E-state index is 12.0. The Morgan fingerprint density at radius 1 is 1.09 bits per heavy atom. The molecule has 0 fully saturated rings. The van der Waals surface area contributed by atoms with Crippen molar-refractivity contribution in [1.29, 1.82) is 0 Å². The zero-order valence-corrected chi connectivity index (χ0v) is 14.5. The molecule has 22 heavy (non-hydrogen) atoms. The number of amides is 2. The smallest absolute Gasteiger partial charge is 0.243 e. The number of nitrogens with one attached hydrogen (secondary N) is 1. The van der Waals surface area contributed by atoms with Crippen LogP contribution < -0.4 is 5.32 Å². The van der Waals surface area contributed by atoms with Gasteiger partial charge in [-0.25, -0.2) is 0 Å². The third-order valence-corrected chi connectivity index (χ3v) is 3.40. The van der Waals surface area contributed by atoms with Gasteiger partial charge in [0.2, 0.25) is 11.8 Å². The van der Waals surface area contributed by atoms with Gasteiger partial charge in [-0.1, -0.05) is 23.2 Å². The Morgan fingerprint density at radius 3 is 2.18 bits per heavy atom. The zero-order chi connectivity index (χ0) is 16.7. The van der Waals surface area contributed by atoms with E-state index in [9.17, 15) is 9.59 Å². The number of carbonyl (C=O) groups is 2. The first kappa shape index (κ1) is 18.7. The van der Waals surface area contributed by atoms with Gasteiger partial charge in [-0.3, -0.25) is 9.59 Å². The molecule has 0 saturated carbocycles. The van der Waals surface area contributed by atoms with Gasteiger partial charge in [0, 0.05) is 29.2 Å². The van der Waals surface area contributed by atoms with E-state index in [1.807, 2.05) is 19.0 Å². The van der Waals surface area contributed by atoms with Crippen LogP contribution in [-0.2, 0) is 9.59 Å². The first-order chi connectivity index (χ1) is 10.3. The molecule has 1 N–H and O–H groups in total. The molecule has 1 aromatic rings. The van der Waals surface area contributed by atoms with Crippen molar-refractivity contribution in [2.24, 2.45) is 0 Å². The Kier molecular flexibility index (Phi) is 7.65. The first-order valence-corrected chi connectivity index (χ1v) is 7.69. The Morgan fingerprint density at radius 2 is 1.68 bits per heavy atom. The van der Waals surface area contributed by atoms with Crippen LogP contribution in [0.1, 0.15) is 13.3 Å². The van der Waals surface area contributed by atoms with Crippen molar-refractivity contribution in [2.75, 3.05) is 39.0 Å². The van der Waals surface area contributed by atoms with Gasteiger partial charge in [0.1, 0.15) is 0 Å². The summed E-state index contributed by atoms with van der Waals surface area (Å²) in [4.78, 5) is 27.2. The van der Waals surface area contributed by atoms with Crippen LogP contribution in [0.15, 0.2) is 18.2 Å². The minimum atomic E-state index is -0.279. The number of nitrogens with zero attached hydrogens (tertiary/aromatic N) is 2. The monoisotopic (exact) mass is 345 g/mol. The first-order valence-electron chi connectivity index (χ1n) is 6.94. The molecule has 0 aromatic heterocycles. The summed E-state index contributed by atoms with van der Waals surface area (Å²) in [6, 6.07) is 4.80. The van der Waals surface area contributed by atoms with Crippen molar-refractivity contribution in [3.05, 3.63) is 28.2 Å². The van der Waals surface area contributed by atoms with Gasteiger partial charge < -0.3 is 15.1 Å². The number of hydrogen-bond donors (Lipinski definition) is 1. The molecule has 0 atom stereocenters. The summed E-state index contributed by atoms with van der Waals surface area (Å²) in [7, 11) is 3.93. The number of rotatable bonds is 7. The van der Waals surface area contributed by atoms with E-state index in [1.54, 1.807) is 18.2 Å². The molecule has 0 radical (unpaired) electrons. The van der Waals surface area contributed by atoms with Crippen LogP contribution in [-0.4, -0.2) is 55.3 Å². The molecule has 0 aliphatic carbocycles. The van der Waals surface area contributed by atoms with E-state index >= 15 is 0 Å². The van der Waals surface area contributed by atoms with Crippen LogP contribution in [0.3, 0.4) is 0 Å². The van der Waals surface area contributed by atoms with Crippen molar-refractivity contribution in [2.45, 2.75) is 13.3 Å². The summed E-state index contributed by atoms with van der Waals surface area (Å²) in [6.45, 7) is 2.86. The van der Waals surface area contributed by atoms with Crippen molar-refractivity contribution in [3.8, 4) is 0 Å². The van der Waals surface area contributed by atoms with Crippen LogP contribution in [0, 0.1) is 0 Å². The highest BCUT2D eigenvalue weighted by molar-refractivity contribution is 6.35. The lowest BCUT2D eigenvalue weighted by molar-refractivity contribution is -0.132. The third-order valence-electron chi connectivity index (χ3n) is 2.96.